The number of nitrogens with two attached hydrogens (primary N) is 1. The molecular weight excluding hydrogens is 156 g/mol. The fraction of sp³-hybridized carbons (Fsp3) is 0.875. The van der Waals surface area contributed by atoms with Crippen molar-refractivity contribution in [1.82, 2.24) is 4.90 Å². The molecule has 1 aliphatic heterocycles. The topological polar surface area (TPSA) is 55.6 Å². The van der Waals surface area contributed by atoms with Crippen molar-refractivity contribution in [3.05, 3.63) is 0 Å². The largest absolute Gasteiger partial charge is 0.468 e. The van der Waals surface area contributed by atoms with Gasteiger partial charge >= 0.3 is 5.97 Å². The minimum atomic E-state index is -0.630. The summed E-state index contributed by atoms with van der Waals surface area (Å²) in [6.07, 6.45) is 0.849. The predicted molar refractivity (Wildman–Crippen MR) is 45.6 cm³/mol. The molecule has 4 nitrogen and oxygen atoms in total. The van der Waals surface area contributed by atoms with Crippen molar-refractivity contribution in [2.45, 2.75) is 24.9 Å². The van der Waals surface area contributed by atoms with Crippen LogP contribution in [0.3, 0.4) is 0 Å². The fourth-order valence-electron chi connectivity index (χ4n) is 1.64. The average Bonchev–Trinajstić information content (AvgIpc) is 2.32. The van der Waals surface area contributed by atoms with Crippen LogP contribution in [0, 0.1) is 0 Å². The average molecular weight is 172 g/mol. The fourth-order valence-corrected chi connectivity index (χ4v) is 1.64. The lowest BCUT2D eigenvalue weighted by Gasteiger charge is -2.32. The standard InChI is InChI=1S/C8H16N2O2/c1-8(7(11)12-3)6(9)4-5-10(8)2/h6H,4-5,9H2,1-3H3. The molecule has 0 bridgehead atoms. The lowest BCUT2D eigenvalue weighted by molar-refractivity contribution is -0.152. The molecule has 2 unspecified atom stereocenters. The summed E-state index contributed by atoms with van der Waals surface area (Å²) >= 11 is 0. The summed E-state index contributed by atoms with van der Waals surface area (Å²) in [5, 5.41) is 0. The number of likely N-dealkylation sites (N-methyl/N-ethyl adjacent to an activating group) is 1. The summed E-state index contributed by atoms with van der Waals surface area (Å²) in [4.78, 5) is 13.4. The molecule has 1 heterocycles. The normalized spacial score (nSPS) is 36.8. The molecule has 0 aromatic heterocycles. The zero-order valence-electron chi connectivity index (χ0n) is 7.83. The Morgan fingerprint density at radius 3 is 2.67 bits per heavy atom. The number of carbonyl (C=O) groups excluding carboxylic acids is 1. The summed E-state index contributed by atoms with van der Waals surface area (Å²) in [5.74, 6) is -0.241. The molecule has 0 aromatic carbocycles. The Kier molecular flexibility index (Phi) is 2.39. The second-order valence-corrected chi connectivity index (χ2v) is 3.46. The molecule has 0 spiro atoms. The van der Waals surface area contributed by atoms with Crippen molar-refractivity contribution in [3.63, 3.8) is 0 Å². The molecule has 0 amide bonds. The van der Waals surface area contributed by atoms with E-state index >= 15 is 0 Å². The van der Waals surface area contributed by atoms with Crippen LogP contribution in [0.5, 0.6) is 0 Å². The lowest BCUT2D eigenvalue weighted by atomic mass is 9.94. The van der Waals surface area contributed by atoms with Crippen molar-refractivity contribution < 1.29 is 9.53 Å². The minimum absolute atomic E-state index is 0.116. The first kappa shape index (κ1) is 9.48. The Hall–Kier alpha value is -0.610. The molecule has 1 fully saturated rings. The quantitative estimate of drug-likeness (QED) is 0.546. The molecule has 12 heavy (non-hydrogen) atoms. The van der Waals surface area contributed by atoms with Crippen molar-refractivity contribution in [1.29, 1.82) is 0 Å². The van der Waals surface area contributed by atoms with E-state index in [2.05, 4.69) is 0 Å². The van der Waals surface area contributed by atoms with Crippen LogP contribution >= 0.6 is 0 Å². The molecule has 2 atom stereocenters. The third-order valence-corrected chi connectivity index (χ3v) is 2.89. The van der Waals surface area contributed by atoms with Gasteiger partial charge in [0.05, 0.1) is 7.11 Å². The van der Waals surface area contributed by atoms with Crippen LogP contribution in [-0.2, 0) is 9.53 Å². The van der Waals surface area contributed by atoms with Gasteiger partial charge in [-0.1, -0.05) is 0 Å². The third-order valence-electron chi connectivity index (χ3n) is 2.89. The van der Waals surface area contributed by atoms with E-state index in [1.807, 2.05) is 18.9 Å². The Bertz CT molecular complexity index is 183. The van der Waals surface area contributed by atoms with Gasteiger partial charge in [0, 0.05) is 12.6 Å². The highest BCUT2D eigenvalue weighted by Gasteiger charge is 2.48. The van der Waals surface area contributed by atoms with E-state index in [1.165, 1.54) is 7.11 Å². The van der Waals surface area contributed by atoms with Crippen LogP contribution < -0.4 is 5.73 Å². The monoisotopic (exact) mass is 172 g/mol. The van der Waals surface area contributed by atoms with Crippen molar-refractivity contribution >= 4 is 5.97 Å². The highest BCUT2D eigenvalue weighted by Crippen LogP contribution is 2.27. The predicted octanol–water partition coefficient (Wildman–Crippen LogP) is -0.419. The second kappa shape index (κ2) is 3.03. The van der Waals surface area contributed by atoms with Crippen LogP contribution in [0.15, 0.2) is 0 Å². The maximum atomic E-state index is 11.4. The van der Waals surface area contributed by atoms with Gasteiger partial charge in [-0.25, -0.2) is 4.79 Å². The number of methoxy groups -OCH3 is 1. The maximum Gasteiger partial charge on any atom is 0.327 e. The zero-order chi connectivity index (χ0) is 9.35. The van der Waals surface area contributed by atoms with Crippen molar-refractivity contribution in [2.75, 3.05) is 20.7 Å². The molecule has 0 radical (unpaired) electrons. The van der Waals surface area contributed by atoms with Crippen LogP contribution in [0.1, 0.15) is 13.3 Å². The number of carbonyl (C=O) groups is 1. The number of nitrogens with zero attached hydrogens (tertiary/aromatic N) is 1. The second-order valence-electron chi connectivity index (χ2n) is 3.46. The number of ether oxygens (including phenoxy) is 1. The van der Waals surface area contributed by atoms with Crippen molar-refractivity contribution in [2.24, 2.45) is 5.73 Å². The van der Waals surface area contributed by atoms with Crippen LogP contribution in [0.2, 0.25) is 0 Å². The Morgan fingerprint density at radius 2 is 2.33 bits per heavy atom. The number of rotatable bonds is 1. The molecule has 0 aromatic rings. The van der Waals surface area contributed by atoms with E-state index in [4.69, 9.17) is 10.5 Å². The van der Waals surface area contributed by atoms with E-state index < -0.39 is 5.54 Å². The van der Waals surface area contributed by atoms with Gasteiger partial charge in [0.2, 0.25) is 0 Å². The first-order chi connectivity index (χ1) is 5.53. The van der Waals surface area contributed by atoms with E-state index in [0.717, 1.165) is 13.0 Å². The number of esters is 1. The van der Waals surface area contributed by atoms with Crippen LogP contribution in [0.4, 0.5) is 0 Å². The summed E-state index contributed by atoms with van der Waals surface area (Å²) in [6.45, 7) is 2.68. The maximum absolute atomic E-state index is 11.4. The van der Waals surface area contributed by atoms with Gasteiger partial charge in [-0.2, -0.15) is 0 Å². The molecular formula is C8H16N2O2. The van der Waals surface area contributed by atoms with E-state index in [-0.39, 0.29) is 12.0 Å². The number of likely N-dealkylation sites (tertiary alicyclic amines) is 1. The molecule has 70 valence electrons. The molecule has 1 saturated heterocycles. The minimum Gasteiger partial charge on any atom is -0.468 e. The summed E-state index contributed by atoms with van der Waals surface area (Å²) < 4.78 is 4.72. The summed E-state index contributed by atoms with van der Waals surface area (Å²) in [6, 6.07) is -0.116. The lowest BCUT2D eigenvalue weighted by Crippen LogP contribution is -2.56. The molecule has 0 aliphatic carbocycles. The van der Waals surface area contributed by atoms with Gasteiger partial charge in [-0.05, 0) is 20.4 Å². The number of hydrogen-bond acceptors (Lipinski definition) is 4. The van der Waals surface area contributed by atoms with E-state index in [9.17, 15) is 4.79 Å². The zero-order valence-corrected chi connectivity index (χ0v) is 7.83. The van der Waals surface area contributed by atoms with E-state index in [0.29, 0.717) is 0 Å². The van der Waals surface area contributed by atoms with Gasteiger partial charge < -0.3 is 10.5 Å². The van der Waals surface area contributed by atoms with Crippen molar-refractivity contribution in [3.8, 4) is 0 Å². The third kappa shape index (κ3) is 1.11. The highest BCUT2D eigenvalue weighted by molar-refractivity contribution is 5.81. The molecule has 1 rings (SSSR count). The first-order valence-corrected chi connectivity index (χ1v) is 4.08. The Morgan fingerprint density at radius 1 is 1.75 bits per heavy atom. The highest BCUT2D eigenvalue weighted by atomic mass is 16.5. The SMILES string of the molecule is COC(=O)C1(C)C(N)CCN1C. The van der Waals surface area contributed by atoms with Gasteiger partial charge in [0.1, 0.15) is 5.54 Å². The first-order valence-electron chi connectivity index (χ1n) is 4.08. The number of hydrogen-bond donors (Lipinski definition) is 1. The van der Waals surface area contributed by atoms with Gasteiger partial charge in [0.15, 0.2) is 0 Å². The summed E-state index contributed by atoms with van der Waals surface area (Å²) in [7, 11) is 3.29. The molecule has 1 aliphatic rings. The van der Waals surface area contributed by atoms with Gasteiger partial charge in [-0.15, -0.1) is 0 Å². The van der Waals surface area contributed by atoms with Gasteiger partial charge in [-0.3, -0.25) is 4.90 Å². The Balaban J connectivity index is 2.86. The summed E-state index contributed by atoms with van der Waals surface area (Å²) in [5.41, 5.74) is 5.21. The smallest absolute Gasteiger partial charge is 0.327 e. The van der Waals surface area contributed by atoms with E-state index in [1.54, 1.807) is 0 Å². The molecule has 0 saturated carbocycles. The Labute approximate surface area is 72.7 Å². The molecule has 4 heteroatoms. The van der Waals surface area contributed by atoms with Crippen LogP contribution in [0.25, 0.3) is 0 Å². The van der Waals surface area contributed by atoms with Gasteiger partial charge in [0.25, 0.3) is 0 Å². The molecule has 2 N–H and O–H groups in total. The van der Waals surface area contributed by atoms with Crippen LogP contribution in [-0.4, -0.2) is 43.2 Å².